The third-order valence-corrected chi connectivity index (χ3v) is 6.20. The third kappa shape index (κ3) is 5.66. The molecule has 0 fully saturated rings. The maximum absolute atomic E-state index is 13.2. The first-order valence-electron chi connectivity index (χ1n) is 10.8. The van der Waals surface area contributed by atoms with E-state index in [2.05, 4.69) is 41.9 Å². The van der Waals surface area contributed by atoms with Crippen molar-refractivity contribution in [1.82, 2.24) is 9.66 Å². The molecule has 4 aromatic rings. The number of nitro benzene ring substituents is 1. The Kier molecular flexibility index (Phi) is 7.72. The Balaban J connectivity index is 1.77. The Bertz CT molecular complexity index is 1480. The van der Waals surface area contributed by atoms with Crippen LogP contribution in [-0.4, -0.2) is 20.8 Å². The first-order valence-corrected chi connectivity index (χ1v) is 12.4. The molecule has 0 radical (unpaired) electrons. The van der Waals surface area contributed by atoms with Crippen molar-refractivity contribution in [3.63, 3.8) is 0 Å². The highest BCUT2D eigenvalue weighted by atomic mass is 79.9. The maximum atomic E-state index is 13.2. The summed E-state index contributed by atoms with van der Waals surface area (Å²) in [5.74, 6) is 0.581. The number of aromatic nitrogens is 2. The Hall–Kier alpha value is -3.37. The zero-order valence-corrected chi connectivity index (χ0v) is 21.8. The predicted molar refractivity (Wildman–Crippen MR) is 142 cm³/mol. The van der Waals surface area contributed by atoms with Crippen molar-refractivity contribution in [3.8, 4) is 5.75 Å². The number of aryl methyl sites for hydroxylation is 1. The van der Waals surface area contributed by atoms with Gasteiger partial charge in [-0.3, -0.25) is 14.9 Å². The molecule has 0 bridgehead atoms. The summed E-state index contributed by atoms with van der Waals surface area (Å²) in [6, 6.07) is 17.4. The van der Waals surface area contributed by atoms with Gasteiger partial charge in [-0.25, -0.2) is 4.98 Å². The number of benzene rings is 3. The Morgan fingerprint density at radius 3 is 2.57 bits per heavy atom. The Labute approximate surface area is 217 Å². The molecular formula is C25H20Br2N4O4. The van der Waals surface area contributed by atoms with Crippen LogP contribution in [0.4, 0.5) is 5.69 Å². The molecule has 8 nitrogen and oxygen atoms in total. The van der Waals surface area contributed by atoms with E-state index >= 15 is 0 Å². The zero-order chi connectivity index (χ0) is 24.9. The van der Waals surface area contributed by atoms with Gasteiger partial charge in [0.2, 0.25) is 5.75 Å². The summed E-state index contributed by atoms with van der Waals surface area (Å²) < 4.78 is 8.80. The maximum Gasteiger partial charge on any atom is 0.311 e. The number of hydrogen-bond donors (Lipinski definition) is 0. The van der Waals surface area contributed by atoms with Crippen molar-refractivity contribution in [1.29, 1.82) is 0 Å². The molecule has 35 heavy (non-hydrogen) atoms. The van der Waals surface area contributed by atoms with E-state index in [0.717, 1.165) is 20.9 Å². The van der Waals surface area contributed by atoms with Crippen molar-refractivity contribution in [2.45, 2.75) is 26.4 Å². The van der Waals surface area contributed by atoms with Gasteiger partial charge in [-0.15, -0.1) is 0 Å². The van der Waals surface area contributed by atoms with E-state index in [-0.39, 0.29) is 23.6 Å². The summed E-state index contributed by atoms with van der Waals surface area (Å²) in [5, 5.41) is 16.5. The fourth-order valence-electron chi connectivity index (χ4n) is 3.50. The van der Waals surface area contributed by atoms with E-state index in [1.54, 1.807) is 24.3 Å². The van der Waals surface area contributed by atoms with Gasteiger partial charge in [0.15, 0.2) is 0 Å². The van der Waals surface area contributed by atoms with Gasteiger partial charge in [-0.2, -0.15) is 9.78 Å². The number of para-hydroxylation sites is 1. The largest absolute Gasteiger partial charge is 0.481 e. The molecule has 0 aliphatic heterocycles. The second-order valence-corrected chi connectivity index (χ2v) is 9.50. The molecule has 0 aliphatic rings. The summed E-state index contributed by atoms with van der Waals surface area (Å²) in [5.41, 5.74) is 1.30. The zero-order valence-electron chi connectivity index (χ0n) is 18.6. The minimum atomic E-state index is -0.502. The number of hydrogen-bond acceptors (Lipinski definition) is 6. The summed E-state index contributed by atoms with van der Waals surface area (Å²) >= 11 is 6.78. The van der Waals surface area contributed by atoms with E-state index in [4.69, 9.17) is 4.74 Å². The average Bonchev–Trinajstić information content (AvgIpc) is 2.84. The fourth-order valence-corrected chi connectivity index (χ4v) is 4.13. The van der Waals surface area contributed by atoms with Crippen LogP contribution < -0.4 is 10.3 Å². The average molecular weight is 600 g/mol. The molecular weight excluding hydrogens is 580 g/mol. The van der Waals surface area contributed by atoms with Crippen LogP contribution in [0.25, 0.3) is 10.9 Å². The van der Waals surface area contributed by atoms with Gasteiger partial charge in [-0.1, -0.05) is 57.0 Å². The summed E-state index contributed by atoms with van der Waals surface area (Å²) in [4.78, 5) is 29.0. The standard InChI is InChI=1S/C25H20Br2N4O4/c1-2-4-23-29-21-12-11-19(27)13-20(21)25(32)30(23)28-14-17-5-3-6-22(31(33)34)24(17)35-15-16-7-9-18(26)10-8-16/h3,5-14H,2,4,15H2,1H3. The second-order valence-electron chi connectivity index (χ2n) is 7.67. The van der Waals surface area contributed by atoms with Gasteiger partial charge >= 0.3 is 5.69 Å². The summed E-state index contributed by atoms with van der Waals surface area (Å²) in [6.45, 7) is 2.12. The molecule has 1 aromatic heterocycles. The fraction of sp³-hybridized carbons (Fsp3) is 0.160. The van der Waals surface area contributed by atoms with Crippen molar-refractivity contribution < 1.29 is 9.66 Å². The Morgan fingerprint density at radius 1 is 1.11 bits per heavy atom. The highest BCUT2D eigenvalue weighted by molar-refractivity contribution is 9.10. The molecule has 3 aromatic carbocycles. The van der Waals surface area contributed by atoms with Gasteiger partial charge in [-0.05, 0) is 48.4 Å². The minimum absolute atomic E-state index is 0.0748. The van der Waals surface area contributed by atoms with E-state index in [9.17, 15) is 14.9 Å². The van der Waals surface area contributed by atoms with Crippen LogP contribution >= 0.6 is 31.9 Å². The molecule has 0 aliphatic carbocycles. The molecule has 178 valence electrons. The minimum Gasteiger partial charge on any atom is -0.481 e. The smallest absolute Gasteiger partial charge is 0.311 e. The van der Waals surface area contributed by atoms with E-state index in [0.29, 0.717) is 28.7 Å². The number of fused-ring (bicyclic) bond motifs is 1. The topological polar surface area (TPSA) is 99.6 Å². The van der Waals surface area contributed by atoms with E-state index < -0.39 is 4.92 Å². The van der Waals surface area contributed by atoms with Gasteiger partial charge in [0.25, 0.3) is 5.56 Å². The lowest BCUT2D eigenvalue weighted by atomic mass is 10.2. The quantitative estimate of drug-likeness (QED) is 0.135. The van der Waals surface area contributed by atoms with Crippen LogP contribution in [0.5, 0.6) is 5.75 Å². The highest BCUT2D eigenvalue weighted by Gasteiger charge is 2.19. The molecule has 10 heteroatoms. The number of ether oxygens (including phenoxy) is 1. The molecule has 0 atom stereocenters. The first-order chi connectivity index (χ1) is 16.9. The van der Waals surface area contributed by atoms with Gasteiger partial charge in [0, 0.05) is 27.0 Å². The van der Waals surface area contributed by atoms with Crippen LogP contribution in [0.3, 0.4) is 0 Å². The normalized spacial score (nSPS) is 11.3. The summed E-state index contributed by atoms with van der Waals surface area (Å²) in [7, 11) is 0. The molecule has 0 saturated carbocycles. The molecule has 0 unspecified atom stereocenters. The van der Waals surface area contributed by atoms with Crippen LogP contribution in [0, 0.1) is 10.1 Å². The van der Waals surface area contributed by atoms with Crippen molar-refractivity contribution in [2.75, 3.05) is 0 Å². The van der Waals surface area contributed by atoms with Gasteiger partial charge < -0.3 is 4.74 Å². The van der Waals surface area contributed by atoms with Crippen molar-refractivity contribution in [2.24, 2.45) is 5.10 Å². The van der Waals surface area contributed by atoms with Crippen molar-refractivity contribution in [3.05, 3.63) is 107 Å². The lowest BCUT2D eigenvalue weighted by molar-refractivity contribution is -0.385. The second kappa shape index (κ2) is 10.9. The van der Waals surface area contributed by atoms with E-state index in [1.807, 2.05) is 37.3 Å². The highest BCUT2D eigenvalue weighted by Crippen LogP contribution is 2.31. The predicted octanol–water partition coefficient (Wildman–Crippen LogP) is 6.24. The van der Waals surface area contributed by atoms with E-state index in [1.165, 1.54) is 17.0 Å². The lowest BCUT2D eigenvalue weighted by Gasteiger charge is -2.11. The van der Waals surface area contributed by atoms with Crippen LogP contribution in [0.15, 0.2) is 79.5 Å². The van der Waals surface area contributed by atoms with Gasteiger partial charge in [0.1, 0.15) is 12.4 Å². The lowest BCUT2D eigenvalue weighted by Crippen LogP contribution is -2.22. The third-order valence-electron chi connectivity index (χ3n) is 5.18. The molecule has 0 amide bonds. The van der Waals surface area contributed by atoms with Crippen LogP contribution in [0.1, 0.15) is 30.3 Å². The molecule has 0 spiro atoms. The number of nitro groups is 1. The van der Waals surface area contributed by atoms with Crippen LogP contribution in [0.2, 0.25) is 0 Å². The number of nitrogens with zero attached hydrogens (tertiary/aromatic N) is 4. The molecule has 0 N–H and O–H groups in total. The first kappa shape index (κ1) is 24.7. The monoisotopic (exact) mass is 598 g/mol. The number of halogens is 2. The SMILES string of the molecule is CCCc1nc2ccc(Br)cc2c(=O)n1N=Cc1cccc([N+](=O)[O-])c1OCc1ccc(Br)cc1. The molecule has 0 saturated heterocycles. The summed E-state index contributed by atoms with van der Waals surface area (Å²) in [6.07, 6.45) is 2.71. The van der Waals surface area contributed by atoms with Crippen LogP contribution in [-0.2, 0) is 13.0 Å². The molecule has 4 rings (SSSR count). The number of rotatable bonds is 8. The molecule has 1 heterocycles. The van der Waals surface area contributed by atoms with Gasteiger partial charge in [0.05, 0.1) is 22.0 Å². The van der Waals surface area contributed by atoms with Crippen molar-refractivity contribution >= 4 is 54.7 Å². The Morgan fingerprint density at radius 2 is 1.86 bits per heavy atom.